The van der Waals surface area contributed by atoms with Crippen LogP contribution < -0.4 is 0 Å². The lowest BCUT2D eigenvalue weighted by Crippen LogP contribution is -2.26. The fourth-order valence-corrected chi connectivity index (χ4v) is 2.89. The van der Waals surface area contributed by atoms with Crippen LogP contribution in [0.4, 0.5) is 17.6 Å². The number of benzene rings is 1. The molecule has 0 spiro atoms. The quantitative estimate of drug-likeness (QED) is 0.855. The second-order valence-electron chi connectivity index (χ2n) is 5.20. The topological polar surface area (TPSA) is 33.1 Å². The smallest absolute Gasteiger partial charge is 0.387 e. The van der Waals surface area contributed by atoms with Crippen molar-refractivity contribution in [2.45, 2.75) is 31.5 Å². The highest BCUT2D eigenvalue weighted by Crippen LogP contribution is 2.41. The summed E-state index contributed by atoms with van der Waals surface area (Å²) in [6, 6.07) is 5.50. The van der Waals surface area contributed by atoms with E-state index in [2.05, 4.69) is 4.98 Å². The maximum atomic E-state index is 12.9. The molecule has 0 aliphatic heterocycles. The molecule has 1 atom stereocenters. The van der Waals surface area contributed by atoms with Gasteiger partial charge >= 0.3 is 6.18 Å². The van der Waals surface area contributed by atoms with Gasteiger partial charge in [0, 0.05) is 11.6 Å². The third-order valence-corrected chi connectivity index (χ3v) is 4.40. The van der Waals surface area contributed by atoms with Gasteiger partial charge in [-0.3, -0.25) is 0 Å². The number of alkyl halides is 3. The Hall–Kier alpha value is -1.47. The number of aromatic nitrogens is 1. The summed E-state index contributed by atoms with van der Waals surface area (Å²) in [6.07, 6.45) is -4.66. The van der Waals surface area contributed by atoms with Crippen LogP contribution in [0.2, 0.25) is 0 Å². The number of aliphatic hydroxyl groups excluding tert-OH is 1. The first-order valence-corrected chi connectivity index (χ1v) is 6.91. The molecule has 0 aliphatic rings. The number of thiazole rings is 1. The van der Waals surface area contributed by atoms with Gasteiger partial charge < -0.3 is 5.11 Å². The van der Waals surface area contributed by atoms with Crippen molar-refractivity contribution in [2.75, 3.05) is 0 Å². The van der Waals surface area contributed by atoms with E-state index < -0.39 is 28.5 Å². The lowest BCUT2D eigenvalue weighted by atomic mass is 9.79. The molecule has 0 bridgehead atoms. The third kappa shape index (κ3) is 3.24. The van der Waals surface area contributed by atoms with Gasteiger partial charge in [-0.15, -0.1) is 11.3 Å². The van der Waals surface area contributed by atoms with Gasteiger partial charge in [-0.25, -0.2) is 9.37 Å². The molecule has 0 saturated carbocycles. The Kier molecular flexibility index (Phi) is 4.08. The van der Waals surface area contributed by atoms with E-state index in [-0.39, 0.29) is 4.88 Å². The van der Waals surface area contributed by atoms with Crippen molar-refractivity contribution in [3.8, 4) is 0 Å². The van der Waals surface area contributed by atoms with Crippen molar-refractivity contribution in [3.63, 3.8) is 0 Å². The number of hydrogen-bond acceptors (Lipinski definition) is 3. The van der Waals surface area contributed by atoms with E-state index in [1.165, 1.54) is 24.3 Å². The minimum absolute atomic E-state index is 0.122. The number of halogens is 4. The largest absolute Gasteiger partial charge is 0.443 e. The molecule has 1 heterocycles. The molecule has 2 rings (SSSR count). The molecule has 0 aliphatic carbocycles. The summed E-state index contributed by atoms with van der Waals surface area (Å²) in [5.41, 5.74) is -0.248. The van der Waals surface area contributed by atoms with Crippen LogP contribution in [0.1, 0.15) is 35.4 Å². The van der Waals surface area contributed by atoms with Gasteiger partial charge in [-0.05, 0) is 17.7 Å². The summed E-state index contributed by atoms with van der Waals surface area (Å²) in [6.45, 7) is 3.36. The highest BCUT2D eigenvalue weighted by Gasteiger charge is 2.38. The SMILES string of the molecule is CC(C)(c1ccc(F)cc1)C(O)c1cnc(C(F)(F)F)s1. The molecule has 0 amide bonds. The van der Waals surface area contributed by atoms with Crippen LogP contribution in [0.3, 0.4) is 0 Å². The predicted molar refractivity (Wildman–Crippen MR) is 71.5 cm³/mol. The first-order chi connectivity index (χ1) is 9.62. The molecule has 2 nitrogen and oxygen atoms in total. The van der Waals surface area contributed by atoms with Gasteiger partial charge in [-0.2, -0.15) is 13.2 Å². The molecule has 0 fully saturated rings. The standard InChI is InChI=1S/C14H13F4NOS/c1-13(2,8-3-5-9(15)6-4-8)11(20)10-7-19-12(21-10)14(16,17)18/h3-7,11,20H,1-2H3. The van der Waals surface area contributed by atoms with Crippen LogP contribution in [0.5, 0.6) is 0 Å². The van der Waals surface area contributed by atoms with E-state index in [9.17, 15) is 22.7 Å². The van der Waals surface area contributed by atoms with Gasteiger partial charge in [-0.1, -0.05) is 26.0 Å². The van der Waals surface area contributed by atoms with E-state index >= 15 is 0 Å². The van der Waals surface area contributed by atoms with E-state index in [1.54, 1.807) is 13.8 Å². The molecule has 114 valence electrons. The summed E-state index contributed by atoms with van der Waals surface area (Å²) in [5, 5.41) is 9.37. The van der Waals surface area contributed by atoms with Crippen LogP contribution in [0.25, 0.3) is 0 Å². The molecule has 21 heavy (non-hydrogen) atoms. The monoisotopic (exact) mass is 319 g/mol. The van der Waals surface area contributed by atoms with Crippen molar-refractivity contribution in [2.24, 2.45) is 0 Å². The van der Waals surface area contributed by atoms with Crippen LogP contribution in [0.15, 0.2) is 30.5 Å². The second-order valence-corrected chi connectivity index (χ2v) is 6.26. The lowest BCUT2D eigenvalue weighted by Gasteiger charge is -2.30. The fraction of sp³-hybridized carbons (Fsp3) is 0.357. The van der Waals surface area contributed by atoms with E-state index in [0.29, 0.717) is 16.9 Å². The number of aliphatic hydroxyl groups is 1. The maximum Gasteiger partial charge on any atom is 0.443 e. The lowest BCUT2D eigenvalue weighted by molar-refractivity contribution is -0.137. The molecule has 1 N–H and O–H groups in total. The third-order valence-electron chi connectivity index (χ3n) is 3.31. The van der Waals surface area contributed by atoms with E-state index in [4.69, 9.17) is 0 Å². The van der Waals surface area contributed by atoms with Crippen molar-refractivity contribution in [1.29, 1.82) is 0 Å². The van der Waals surface area contributed by atoms with Gasteiger partial charge in [0.2, 0.25) is 0 Å². The van der Waals surface area contributed by atoms with Crippen LogP contribution in [-0.2, 0) is 11.6 Å². The Balaban J connectivity index is 2.31. The molecular weight excluding hydrogens is 306 g/mol. The minimum atomic E-state index is -4.53. The van der Waals surface area contributed by atoms with Crippen molar-refractivity contribution >= 4 is 11.3 Å². The van der Waals surface area contributed by atoms with Crippen molar-refractivity contribution in [3.05, 3.63) is 51.7 Å². The molecule has 1 unspecified atom stereocenters. The summed E-state index contributed by atoms with van der Waals surface area (Å²) >= 11 is 0.412. The van der Waals surface area contributed by atoms with Crippen molar-refractivity contribution < 1.29 is 22.7 Å². The molecular formula is C14H13F4NOS. The Morgan fingerprint density at radius 3 is 2.19 bits per heavy atom. The Bertz CT molecular complexity index is 619. The zero-order chi connectivity index (χ0) is 15.8. The van der Waals surface area contributed by atoms with Gasteiger partial charge in [0.25, 0.3) is 0 Å². The molecule has 1 aromatic heterocycles. The summed E-state index contributed by atoms with van der Waals surface area (Å²) in [4.78, 5) is 3.43. The van der Waals surface area contributed by atoms with Crippen LogP contribution in [0, 0.1) is 5.82 Å². The van der Waals surface area contributed by atoms with Crippen molar-refractivity contribution in [1.82, 2.24) is 4.98 Å². The zero-order valence-corrected chi connectivity index (χ0v) is 12.1. The first-order valence-electron chi connectivity index (χ1n) is 6.09. The van der Waals surface area contributed by atoms with E-state index in [0.717, 1.165) is 6.20 Å². The molecule has 0 saturated heterocycles. The molecule has 0 radical (unpaired) electrons. The number of hydrogen-bond donors (Lipinski definition) is 1. The minimum Gasteiger partial charge on any atom is -0.387 e. The summed E-state index contributed by atoms with van der Waals surface area (Å²) in [5.74, 6) is -0.416. The average Bonchev–Trinajstić information content (AvgIpc) is 2.87. The molecule has 7 heteroatoms. The summed E-state index contributed by atoms with van der Waals surface area (Å²) < 4.78 is 50.6. The van der Waals surface area contributed by atoms with Crippen LogP contribution >= 0.6 is 11.3 Å². The summed E-state index contributed by atoms with van der Waals surface area (Å²) in [7, 11) is 0. The second kappa shape index (κ2) is 5.38. The Labute approximate surface area is 123 Å². The highest BCUT2D eigenvalue weighted by molar-refractivity contribution is 7.11. The fourth-order valence-electron chi connectivity index (χ4n) is 1.94. The Morgan fingerprint density at radius 1 is 1.14 bits per heavy atom. The number of rotatable bonds is 3. The number of nitrogens with zero attached hydrogens (tertiary/aromatic N) is 1. The first kappa shape index (κ1) is 15.9. The van der Waals surface area contributed by atoms with Gasteiger partial charge in [0.15, 0.2) is 5.01 Å². The normalized spacial score (nSPS) is 14.2. The highest BCUT2D eigenvalue weighted by atomic mass is 32.1. The molecule has 2 aromatic rings. The maximum absolute atomic E-state index is 12.9. The van der Waals surface area contributed by atoms with Gasteiger partial charge in [0.1, 0.15) is 5.82 Å². The average molecular weight is 319 g/mol. The predicted octanol–water partition coefficient (Wildman–Crippen LogP) is 4.31. The zero-order valence-electron chi connectivity index (χ0n) is 11.3. The van der Waals surface area contributed by atoms with E-state index in [1.807, 2.05) is 0 Å². The van der Waals surface area contributed by atoms with Crippen LogP contribution in [-0.4, -0.2) is 10.1 Å². The van der Waals surface area contributed by atoms with Gasteiger partial charge in [0.05, 0.1) is 11.0 Å². The molecule has 1 aromatic carbocycles. The Morgan fingerprint density at radius 2 is 1.71 bits per heavy atom.